The van der Waals surface area contributed by atoms with Gasteiger partial charge in [-0.05, 0) is 36.2 Å². The van der Waals surface area contributed by atoms with Crippen LogP contribution in [0, 0.1) is 6.92 Å². The van der Waals surface area contributed by atoms with Gasteiger partial charge in [0.15, 0.2) is 0 Å². The predicted molar refractivity (Wildman–Crippen MR) is 90.9 cm³/mol. The third kappa shape index (κ3) is 4.72. The summed E-state index contributed by atoms with van der Waals surface area (Å²) in [6.45, 7) is 2.31. The molecule has 0 saturated carbocycles. The van der Waals surface area contributed by atoms with Crippen molar-refractivity contribution in [1.29, 1.82) is 0 Å². The summed E-state index contributed by atoms with van der Waals surface area (Å²) < 4.78 is 10.7. The number of para-hydroxylation sites is 1. The first-order valence-electron chi connectivity index (χ1n) is 7.41. The molecule has 2 amide bonds. The number of urea groups is 1. The van der Waals surface area contributed by atoms with Gasteiger partial charge >= 0.3 is 6.03 Å². The molecule has 23 heavy (non-hydrogen) atoms. The molecule has 0 bridgehead atoms. The first-order valence-corrected chi connectivity index (χ1v) is 7.41. The fourth-order valence-corrected chi connectivity index (χ4v) is 2.24. The minimum absolute atomic E-state index is 0.243. The molecule has 2 aromatic rings. The van der Waals surface area contributed by atoms with Crippen LogP contribution in [-0.2, 0) is 4.74 Å². The molecule has 0 fully saturated rings. The highest BCUT2D eigenvalue weighted by Gasteiger charge is 2.13. The van der Waals surface area contributed by atoms with Crippen LogP contribution in [0.25, 0.3) is 0 Å². The normalized spacial score (nSPS) is 11.6. The Morgan fingerprint density at radius 1 is 1.13 bits per heavy atom. The van der Waals surface area contributed by atoms with E-state index in [0.29, 0.717) is 6.54 Å². The number of anilines is 1. The highest BCUT2D eigenvalue weighted by atomic mass is 16.5. The van der Waals surface area contributed by atoms with Crippen LogP contribution in [0.5, 0.6) is 5.75 Å². The maximum Gasteiger partial charge on any atom is 0.319 e. The summed E-state index contributed by atoms with van der Waals surface area (Å²) in [4.78, 5) is 12.0. The Balaban J connectivity index is 1.94. The van der Waals surface area contributed by atoms with Crippen LogP contribution < -0.4 is 15.4 Å². The Bertz CT molecular complexity index is 658. The number of hydrogen-bond donors (Lipinski definition) is 2. The average molecular weight is 314 g/mol. The zero-order chi connectivity index (χ0) is 16.7. The van der Waals surface area contributed by atoms with Crippen LogP contribution in [0.3, 0.4) is 0 Å². The predicted octanol–water partition coefficient (Wildman–Crippen LogP) is 3.51. The van der Waals surface area contributed by atoms with Gasteiger partial charge in [-0.15, -0.1) is 0 Å². The molecule has 0 aliphatic rings. The molecule has 0 aromatic heterocycles. The zero-order valence-corrected chi connectivity index (χ0v) is 13.6. The summed E-state index contributed by atoms with van der Waals surface area (Å²) in [6, 6.07) is 15.0. The quantitative estimate of drug-likeness (QED) is 0.858. The van der Waals surface area contributed by atoms with Gasteiger partial charge in [-0.2, -0.15) is 0 Å². The van der Waals surface area contributed by atoms with Gasteiger partial charge in [-0.3, -0.25) is 0 Å². The summed E-state index contributed by atoms with van der Waals surface area (Å²) in [5, 5.41) is 5.66. The van der Waals surface area contributed by atoms with Crippen molar-refractivity contribution in [3.8, 4) is 5.75 Å². The summed E-state index contributed by atoms with van der Waals surface area (Å²) >= 11 is 0. The van der Waals surface area contributed by atoms with Crippen molar-refractivity contribution in [3.05, 3.63) is 59.7 Å². The average Bonchev–Trinajstić information content (AvgIpc) is 2.58. The number of amides is 2. The van der Waals surface area contributed by atoms with Gasteiger partial charge in [-0.1, -0.05) is 30.3 Å². The SMILES string of the molecule is COc1cccc([C@H](CNC(=O)Nc2ccccc2C)OC)c1. The molecule has 0 aliphatic carbocycles. The Morgan fingerprint density at radius 2 is 1.91 bits per heavy atom. The molecule has 122 valence electrons. The van der Waals surface area contributed by atoms with E-state index in [1.165, 1.54) is 0 Å². The van der Waals surface area contributed by atoms with Crippen LogP contribution in [0.2, 0.25) is 0 Å². The molecule has 2 rings (SSSR count). The number of methoxy groups -OCH3 is 2. The molecule has 1 atom stereocenters. The molecular weight excluding hydrogens is 292 g/mol. The van der Waals surface area contributed by atoms with E-state index in [4.69, 9.17) is 9.47 Å². The van der Waals surface area contributed by atoms with Crippen molar-refractivity contribution in [2.24, 2.45) is 0 Å². The number of ether oxygens (including phenoxy) is 2. The summed E-state index contributed by atoms with van der Waals surface area (Å²) in [5.41, 5.74) is 2.75. The summed E-state index contributed by atoms with van der Waals surface area (Å²) in [6.07, 6.45) is -0.243. The topological polar surface area (TPSA) is 59.6 Å². The molecule has 0 aliphatic heterocycles. The van der Waals surface area contributed by atoms with E-state index in [2.05, 4.69) is 10.6 Å². The molecular formula is C18H22N2O3. The van der Waals surface area contributed by atoms with Gasteiger partial charge in [0.1, 0.15) is 5.75 Å². The van der Waals surface area contributed by atoms with E-state index in [-0.39, 0.29) is 12.1 Å². The van der Waals surface area contributed by atoms with E-state index in [1.54, 1.807) is 14.2 Å². The van der Waals surface area contributed by atoms with Crippen LogP contribution in [-0.4, -0.2) is 26.8 Å². The minimum Gasteiger partial charge on any atom is -0.497 e. The number of aryl methyl sites for hydroxylation is 1. The standard InChI is InChI=1S/C18H22N2O3/c1-13-7-4-5-10-16(13)20-18(21)19-12-17(23-3)14-8-6-9-15(11-14)22-2/h4-11,17H,12H2,1-3H3,(H2,19,20,21)/t17-/m0/s1. The number of carbonyl (C=O) groups excluding carboxylic acids is 1. The Hall–Kier alpha value is -2.53. The smallest absolute Gasteiger partial charge is 0.319 e. The Morgan fingerprint density at radius 3 is 2.61 bits per heavy atom. The lowest BCUT2D eigenvalue weighted by atomic mass is 10.1. The molecule has 5 heteroatoms. The van der Waals surface area contributed by atoms with Crippen molar-refractivity contribution in [2.75, 3.05) is 26.1 Å². The second-order valence-corrected chi connectivity index (χ2v) is 5.15. The number of hydrogen-bond acceptors (Lipinski definition) is 3. The molecule has 0 heterocycles. The number of carbonyl (C=O) groups is 1. The van der Waals surface area contributed by atoms with Gasteiger partial charge in [0, 0.05) is 19.3 Å². The van der Waals surface area contributed by atoms with Crippen LogP contribution in [0.15, 0.2) is 48.5 Å². The minimum atomic E-state index is -0.260. The monoisotopic (exact) mass is 314 g/mol. The summed E-state index contributed by atoms with van der Waals surface area (Å²) in [5.74, 6) is 0.758. The maximum absolute atomic E-state index is 12.0. The van der Waals surface area contributed by atoms with Crippen molar-refractivity contribution in [2.45, 2.75) is 13.0 Å². The Labute approximate surface area is 136 Å². The lowest BCUT2D eigenvalue weighted by Crippen LogP contribution is -2.33. The lowest BCUT2D eigenvalue weighted by Gasteiger charge is -2.18. The number of nitrogens with one attached hydrogen (secondary N) is 2. The molecule has 0 spiro atoms. The molecule has 2 N–H and O–H groups in total. The molecule has 0 saturated heterocycles. The second kappa shape index (κ2) is 8.19. The largest absolute Gasteiger partial charge is 0.497 e. The summed E-state index contributed by atoms with van der Waals surface area (Å²) in [7, 11) is 3.24. The zero-order valence-electron chi connectivity index (χ0n) is 13.6. The van der Waals surface area contributed by atoms with Crippen molar-refractivity contribution in [3.63, 3.8) is 0 Å². The molecule has 0 radical (unpaired) electrons. The molecule has 0 unspecified atom stereocenters. The van der Waals surface area contributed by atoms with E-state index < -0.39 is 0 Å². The fourth-order valence-electron chi connectivity index (χ4n) is 2.24. The van der Waals surface area contributed by atoms with E-state index in [0.717, 1.165) is 22.6 Å². The van der Waals surface area contributed by atoms with E-state index in [1.807, 2.05) is 55.5 Å². The van der Waals surface area contributed by atoms with Gasteiger partial charge in [0.25, 0.3) is 0 Å². The van der Waals surface area contributed by atoms with Crippen molar-refractivity contribution in [1.82, 2.24) is 5.32 Å². The number of benzene rings is 2. The highest BCUT2D eigenvalue weighted by molar-refractivity contribution is 5.90. The third-order valence-electron chi connectivity index (χ3n) is 3.59. The lowest BCUT2D eigenvalue weighted by molar-refractivity contribution is 0.104. The van der Waals surface area contributed by atoms with Gasteiger partial charge < -0.3 is 20.1 Å². The van der Waals surface area contributed by atoms with Crippen molar-refractivity contribution < 1.29 is 14.3 Å². The van der Waals surface area contributed by atoms with Gasteiger partial charge in [0.2, 0.25) is 0 Å². The van der Waals surface area contributed by atoms with E-state index >= 15 is 0 Å². The highest BCUT2D eigenvalue weighted by Crippen LogP contribution is 2.21. The van der Waals surface area contributed by atoms with Gasteiger partial charge in [0.05, 0.1) is 13.2 Å². The Kier molecular flexibility index (Phi) is 6.00. The maximum atomic E-state index is 12.0. The third-order valence-corrected chi connectivity index (χ3v) is 3.59. The van der Waals surface area contributed by atoms with Crippen molar-refractivity contribution >= 4 is 11.7 Å². The first kappa shape index (κ1) is 16.8. The second-order valence-electron chi connectivity index (χ2n) is 5.15. The fraction of sp³-hybridized carbons (Fsp3) is 0.278. The molecule has 5 nitrogen and oxygen atoms in total. The van der Waals surface area contributed by atoms with Crippen LogP contribution in [0.1, 0.15) is 17.2 Å². The van der Waals surface area contributed by atoms with Gasteiger partial charge in [-0.25, -0.2) is 4.79 Å². The van der Waals surface area contributed by atoms with Crippen LogP contribution >= 0.6 is 0 Å². The van der Waals surface area contributed by atoms with E-state index in [9.17, 15) is 4.79 Å². The molecule has 2 aromatic carbocycles. The number of rotatable bonds is 6. The first-order chi connectivity index (χ1) is 11.1. The van der Waals surface area contributed by atoms with Crippen LogP contribution in [0.4, 0.5) is 10.5 Å².